The first-order chi connectivity index (χ1) is 8.61. The maximum Gasteiger partial charge on any atom is 0.142 e. The van der Waals surface area contributed by atoms with Crippen LogP contribution in [-0.2, 0) is 11.2 Å². The van der Waals surface area contributed by atoms with Crippen LogP contribution < -0.4 is 5.32 Å². The highest BCUT2D eigenvalue weighted by atomic mass is 35.5. The molecule has 0 saturated carbocycles. The fourth-order valence-electron chi connectivity index (χ4n) is 2.49. The number of halogens is 2. The van der Waals surface area contributed by atoms with E-state index in [2.05, 4.69) is 12.2 Å². The molecule has 1 aliphatic heterocycles. The number of hydrogen-bond donors (Lipinski definition) is 1. The Balaban J connectivity index is 2.08. The van der Waals surface area contributed by atoms with Crippen LogP contribution in [0.2, 0.25) is 5.02 Å². The van der Waals surface area contributed by atoms with E-state index in [1.807, 2.05) is 13.1 Å². The summed E-state index contributed by atoms with van der Waals surface area (Å²) in [6, 6.07) is 5.12. The van der Waals surface area contributed by atoms with Crippen LogP contribution in [0.25, 0.3) is 0 Å². The molecule has 0 aromatic heterocycles. The zero-order chi connectivity index (χ0) is 13.1. The molecule has 4 heteroatoms. The summed E-state index contributed by atoms with van der Waals surface area (Å²) in [6.45, 7) is 2.09. The van der Waals surface area contributed by atoms with Gasteiger partial charge in [0.25, 0.3) is 0 Å². The summed E-state index contributed by atoms with van der Waals surface area (Å²) in [5.74, 6) is -0.357. The molecule has 3 atom stereocenters. The Kier molecular flexibility index (Phi) is 4.60. The van der Waals surface area contributed by atoms with Gasteiger partial charge in [-0.05, 0) is 44.9 Å². The lowest BCUT2D eigenvalue weighted by molar-refractivity contribution is 0.0337. The van der Waals surface area contributed by atoms with Crippen LogP contribution in [0.4, 0.5) is 4.39 Å². The molecule has 3 unspecified atom stereocenters. The summed E-state index contributed by atoms with van der Waals surface area (Å²) in [4.78, 5) is 0. The van der Waals surface area contributed by atoms with E-state index in [1.54, 1.807) is 6.07 Å². The minimum Gasteiger partial charge on any atom is -0.374 e. The molecule has 2 nitrogen and oxygen atoms in total. The zero-order valence-electron chi connectivity index (χ0n) is 10.7. The minimum atomic E-state index is -0.357. The van der Waals surface area contributed by atoms with E-state index in [9.17, 15) is 4.39 Å². The van der Waals surface area contributed by atoms with E-state index in [-0.39, 0.29) is 23.0 Å². The van der Waals surface area contributed by atoms with Gasteiger partial charge in [-0.2, -0.15) is 0 Å². The molecule has 2 rings (SSSR count). The average Bonchev–Trinajstić information content (AvgIpc) is 2.78. The van der Waals surface area contributed by atoms with E-state index in [4.69, 9.17) is 16.3 Å². The van der Waals surface area contributed by atoms with Crippen LogP contribution in [0, 0.1) is 5.82 Å². The molecule has 100 valence electrons. The number of nitrogens with one attached hydrogen (secondary N) is 1. The monoisotopic (exact) mass is 271 g/mol. The lowest BCUT2D eigenvalue weighted by Gasteiger charge is -2.23. The molecule has 18 heavy (non-hydrogen) atoms. The SMILES string of the molecule is CNC(Cc1cccc(F)c1Cl)C1CCC(C)O1. The second-order valence-electron chi connectivity index (χ2n) is 4.87. The number of likely N-dealkylation sites (N-methyl/N-ethyl adjacent to an activating group) is 1. The molecule has 1 aliphatic rings. The Labute approximate surface area is 112 Å². The molecule has 1 aromatic carbocycles. The number of benzene rings is 1. The van der Waals surface area contributed by atoms with E-state index in [0.717, 1.165) is 18.4 Å². The van der Waals surface area contributed by atoms with Crippen molar-refractivity contribution in [2.75, 3.05) is 7.05 Å². The molecule has 1 N–H and O–H groups in total. The molecule has 0 bridgehead atoms. The van der Waals surface area contributed by atoms with Crippen LogP contribution in [0.1, 0.15) is 25.3 Å². The van der Waals surface area contributed by atoms with E-state index in [1.165, 1.54) is 6.07 Å². The third-order valence-corrected chi connectivity index (χ3v) is 3.98. The molecule has 0 radical (unpaired) electrons. The Morgan fingerprint density at radius 2 is 2.28 bits per heavy atom. The zero-order valence-corrected chi connectivity index (χ0v) is 11.5. The normalized spacial score (nSPS) is 25.3. The van der Waals surface area contributed by atoms with Gasteiger partial charge >= 0.3 is 0 Å². The van der Waals surface area contributed by atoms with Crippen LogP contribution >= 0.6 is 11.6 Å². The molecular weight excluding hydrogens is 253 g/mol. The van der Waals surface area contributed by atoms with Crippen LogP contribution in [-0.4, -0.2) is 25.3 Å². The topological polar surface area (TPSA) is 21.3 Å². The lowest BCUT2D eigenvalue weighted by atomic mass is 9.99. The van der Waals surface area contributed by atoms with E-state index in [0.29, 0.717) is 12.5 Å². The van der Waals surface area contributed by atoms with Crippen LogP contribution in [0.5, 0.6) is 0 Å². The minimum absolute atomic E-state index is 0.175. The Bertz CT molecular complexity index is 413. The van der Waals surface area contributed by atoms with Crippen LogP contribution in [0.15, 0.2) is 18.2 Å². The molecule has 1 aromatic rings. The Morgan fingerprint density at radius 3 is 2.89 bits per heavy atom. The van der Waals surface area contributed by atoms with Gasteiger partial charge < -0.3 is 10.1 Å². The first kappa shape index (κ1) is 13.8. The van der Waals surface area contributed by atoms with Crippen molar-refractivity contribution in [3.05, 3.63) is 34.6 Å². The molecule has 1 saturated heterocycles. The lowest BCUT2D eigenvalue weighted by Crippen LogP contribution is -2.39. The van der Waals surface area contributed by atoms with Gasteiger partial charge in [0, 0.05) is 6.04 Å². The van der Waals surface area contributed by atoms with Gasteiger partial charge in [0.05, 0.1) is 17.2 Å². The standard InChI is InChI=1S/C14H19ClFNO/c1-9-6-7-13(18-9)12(17-2)8-10-4-3-5-11(16)14(10)15/h3-5,9,12-13,17H,6-8H2,1-2H3. The first-order valence-electron chi connectivity index (χ1n) is 6.37. The summed E-state index contributed by atoms with van der Waals surface area (Å²) in [5.41, 5.74) is 0.833. The highest BCUT2D eigenvalue weighted by Gasteiger charge is 2.29. The van der Waals surface area contributed by atoms with E-state index < -0.39 is 0 Å². The number of hydrogen-bond acceptors (Lipinski definition) is 2. The van der Waals surface area contributed by atoms with Crippen LogP contribution in [0.3, 0.4) is 0 Å². The van der Waals surface area contributed by atoms with Gasteiger partial charge in [-0.15, -0.1) is 0 Å². The van der Waals surface area contributed by atoms with Crippen molar-refractivity contribution in [3.63, 3.8) is 0 Å². The third-order valence-electron chi connectivity index (χ3n) is 3.56. The first-order valence-corrected chi connectivity index (χ1v) is 6.75. The Morgan fingerprint density at radius 1 is 1.50 bits per heavy atom. The van der Waals surface area contributed by atoms with Crippen molar-refractivity contribution < 1.29 is 9.13 Å². The van der Waals surface area contributed by atoms with E-state index >= 15 is 0 Å². The predicted molar refractivity (Wildman–Crippen MR) is 71.5 cm³/mol. The van der Waals surface area contributed by atoms with Crippen molar-refractivity contribution in [1.82, 2.24) is 5.32 Å². The summed E-state index contributed by atoms with van der Waals surface area (Å²) >= 11 is 5.99. The van der Waals surface area contributed by atoms with Gasteiger partial charge in [0.1, 0.15) is 5.82 Å². The summed E-state index contributed by atoms with van der Waals surface area (Å²) in [6.07, 6.45) is 3.31. The average molecular weight is 272 g/mol. The third kappa shape index (κ3) is 3.02. The molecule has 1 fully saturated rings. The fourth-order valence-corrected chi connectivity index (χ4v) is 2.70. The largest absolute Gasteiger partial charge is 0.374 e. The van der Waals surface area contributed by atoms with Gasteiger partial charge in [0.15, 0.2) is 0 Å². The molecular formula is C14H19ClFNO. The Hall–Kier alpha value is -0.640. The fraction of sp³-hybridized carbons (Fsp3) is 0.571. The number of ether oxygens (including phenoxy) is 1. The van der Waals surface area contributed by atoms with Gasteiger partial charge in [-0.1, -0.05) is 23.7 Å². The van der Waals surface area contributed by atoms with Crippen molar-refractivity contribution in [2.45, 2.75) is 44.4 Å². The highest BCUT2D eigenvalue weighted by molar-refractivity contribution is 6.31. The van der Waals surface area contributed by atoms with Crippen molar-refractivity contribution in [2.24, 2.45) is 0 Å². The molecule has 1 heterocycles. The summed E-state index contributed by atoms with van der Waals surface area (Å²) < 4.78 is 19.2. The highest BCUT2D eigenvalue weighted by Crippen LogP contribution is 2.26. The molecule has 0 aliphatic carbocycles. The smallest absolute Gasteiger partial charge is 0.142 e. The summed E-state index contributed by atoms with van der Waals surface area (Å²) in [5, 5.41) is 3.48. The van der Waals surface area contributed by atoms with Gasteiger partial charge in [0.2, 0.25) is 0 Å². The second kappa shape index (κ2) is 6.00. The number of rotatable bonds is 4. The molecule has 0 spiro atoms. The predicted octanol–water partition coefficient (Wildman–Crippen LogP) is 3.18. The quantitative estimate of drug-likeness (QED) is 0.908. The van der Waals surface area contributed by atoms with Crippen molar-refractivity contribution >= 4 is 11.6 Å². The van der Waals surface area contributed by atoms with Gasteiger partial charge in [-0.25, -0.2) is 4.39 Å². The summed E-state index contributed by atoms with van der Waals surface area (Å²) in [7, 11) is 1.91. The van der Waals surface area contributed by atoms with Gasteiger partial charge in [-0.3, -0.25) is 0 Å². The maximum absolute atomic E-state index is 13.4. The maximum atomic E-state index is 13.4. The second-order valence-corrected chi connectivity index (χ2v) is 5.25. The molecule has 0 amide bonds. The van der Waals surface area contributed by atoms with Crippen molar-refractivity contribution in [3.8, 4) is 0 Å². The van der Waals surface area contributed by atoms with Crippen molar-refractivity contribution in [1.29, 1.82) is 0 Å².